The Balaban J connectivity index is 1.19. The van der Waals surface area contributed by atoms with Gasteiger partial charge in [0.25, 0.3) is 5.91 Å². The summed E-state index contributed by atoms with van der Waals surface area (Å²) in [4.78, 5) is 14.1. The van der Waals surface area contributed by atoms with E-state index in [1.54, 1.807) is 0 Å². The smallest absolute Gasteiger partial charge is 0.257 e. The van der Waals surface area contributed by atoms with Crippen molar-refractivity contribution < 1.29 is 23.2 Å². The zero-order valence-corrected chi connectivity index (χ0v) is 21.3. The minimum Gasteiger partial charge on any atom is -0.486 e. The molecule has 1 aliphatic carbocycles. The van der Waals surface area contributed by atoms with Crippen LogP contribution >= 0.6 is 0 Å². The molecule has 3 aromatic rings. The third-order valence-corrected chi connectivity index (χ3v) is 8.05. The number of hydrogen-bond acceptors (Lipinski definition) is 7. The Morgan fingerprint density at radius 2 is 1.84 bits per heavy atom. The van der Waals surface area contributed by atoms with Gasteiger partial charge in [0.05, 0.1) is 29.4 Å². The third-order valence-electron chi connectivity index (χ3n) is 6.91. The molecular weight excluding hydrogens is 502 g/mol. The van der Waals surface area contributed by atoms with E-state index in [0.717, 1.165) is 54.1 Å². The summed E-state index contributed by atoms with van der Waals surface area (Å²) in [5.41, 5.74) is 4.40. The largest absolute Gasteiger partial charge is 0.486 e. The Bertz CT molecular complexity index is 1490. The van der Waals surface area contributed by atoms with Gasteiger partial charge in [0, 0.05) is 30.8 Å². The Labute approximate surface area is 223 Å². The van der Waals surface area contributed by atoms with Gasteiger partial charge in [-0.05, 0) is 54.3 Å². The molecule has 0 radical (unpaired) electrons. The van der Waals surface area contributed by atoms with Gasteiger partial charge in [-0.1, -0.05) is 24.3 Å². The van der Waals surface area contributed by atoms with Crippen molar-refractivity contribution in [1.29, 1.82) is 5.26 Å². The summed E-state index contributed by atoms with van der Waals surface area (Å²) in [6.07, 6.45) is 2.88. The van der Waals surface area contributed by atoms with Gasteiger partial charge in [0.2, 0.25) is 0 Å². The number of morpholine rings is 1. The van der Waals surface area contributed by atoms with Crippen molar-refractivity contribution in [3.8, 4) is 23.3 Å². The molecule has 2 atom stereocenters. The molecule has 192 valence electrons. The van der Waals surface area contributed by atoms with Crippen molar-refractivity contribution in [1.82, 2.24) is 4.72 Å². The first-order valence-electron chi connectivity index (χ1n) is 12.5. The Kier molecular flexibility index (Phi) is 6.58. The normalized spacial score (nSPS) is 20.3. The van der Waals surface area contributed by atoms with Gasteiger partial charge < -0.3 is 19.1 Å². The molecule has 1 saturated heterocycles. The lowest BCUT2D eigenvalue weighted by Crippen LogP contribution is -2.36. The Morgan fingerprint density at radius 1 is 1.05 bits per heavy atom. The topological polar surface area (TPSA) is 101 Å². The molecule has 0 spiro atoms. The molecule has 38 heavy (non-hydrogen) atoms. The van der Waals surface area contributed by atoms with Crippen molar-refractivity contribution in [3.05, 3.63) is 89.0 Å². The predicted molar refractivity (Wildman–Crippen MR) is 143 cm³/mol. The SMILES string of the molecule is N#Cc1ccc(Oc2cccc3c2CC[C@H]3Oc2ccc(C3=CC(=O)NS3=O)cc2)cc1N1CCOCC1. The maximum absolute atomic E-state index is 12.0. The summed E-state index contributed by atoms with van der Waals surface area (Å²) >= 11 is 0. The zero-order valence-electron chi connectivity index (χ0n) is 20.5. The highest BCUT2D eigenvalue weighted by molar-refractivity contribution is 7.93. The van der Waals surface area contributed by atoms with E-state index in [-0.39, 0.29) is 12.0 Å². The monoisotopic (exact) mass is 527 g/mol. The van der Waals surface area contributed by atoms with E-state index in [4.69, 9.17) is 14.2 Å². The first-order valence-corrected chi connectivity index (χ1v) is 13.6. The summed E-state index contributed by atoms with van der Waals surface area (Å²) in [5.74, 6) is 1.82. The first kappa shape index (κ1) is 24.2. The van der Waals surface area contributed by atoms with Crippen molar-refractivity contribution >= 4 is 27.5 Å². The molecule has 1 fully saturated rings. The number of anilines is 1. The van der Waals surface area contributed by atoms with E-state index < -0.39 is 11.0 Å². The van der Waals surface area contributed by atoms with Crippen molar-refractivity contribution in [2.75, 3.05) is 31.2 Å². The van der Waals surface area contributed by atoms with Crippen LogP contribution in [0.5, 0.6) is 17.2 Å². The zero-order chi connectivity index (χ0) is 26.1. The van der Waals surface area contributed by atoms with Gasteiger partial charge in [-0.25, -0.2) is 4.21 Å². The second-order valence-corrected chi connectivity index (χ2v) is 10.4. The number of benzene rings is 3. The van der Waals surface area contributed by atoms with Gasteiger partial charge in [-0.15, -0.1) is 0 Å². The summed E-state index contributed by atoms with van der Waals surface area (Å²) in [6, 6.07) is 21.2. The molecular formula is C29H25N3O5S. The Hall–Kier alpha value is -4.13. The minimum absolute atomic E-state index is 0.118. The number of nitrogens with zero attached hydrogens (tertiary/aromatic N) is 2. The highest BCUT2D eigenvalue weighted by Gasteiger charge is 2.28. The van der Waals surface area contributed by atoms with Crippen LogP contribution in [0.2, 0.25) is 0 Å². The lowest BCUT2D eigenvalue weighted by Gasteiger charge is -2.29. The second kappa shape index (κ2) is 10.3. The molecule has 0 aromatic heterocycles. The molecule has 2 aliphatic heterocycles. The molecule has 0 saturated carbocycles. The van der Waals surface area contributed by atoms with Crippen LogP contribution in [0.25, 0.3) is 4.91 Å². The minimum atomic E-state index is -1.52. The molecule has 1 unspecified atom stereocenters. The predicted octanol–water partition coefficient (Wildman–Crippen LogP) is 4.39. The summed E-state index contributed by atoms with van der Waals surface area (Å²) in [5, 5.41) is 9.60. The lowest BCUT2D eigenvalue weighted by atomic mass is 10.1. The number of hydrogen-bond donors (Lipinski definition) is 1. The fourth-order valence-electron chi connectivity index (χ4n) is 5.06. The van der Waals surface area contributed by atoms with Crippen LogP contribution in [0.4, 0.5) is 5.69 Å². The van der Waals surface area contributed by atoms with Gasteiger partial charge >= 0.3 is 0 Å². The molecule has 3 aromatic carbocycles. The second-order valence-electron chi connectivity index (χ2n) is 9.23. The van der Waals surface area contributed by atoms with Gasteiger partial charge in [0.15, 0.2) is 11.0 Å². The molecule has 6 rings (SSSR count). The van der Waals surface area contributed by atoms with Crippen LogP contribution in [0.15, 0.2) is 66.7 Å². The maximum Gasteiger partial charge on any atom is 0.257 e. The van der Waals surface area contributed by atoms with Crippen molar-refractivity contribution in [2.24, 2.45) is 0 Å². The van der Waals surface area contributed by atoms with E-state index in [9.17, 15) is 14.3 Å². The van der Waals surface area contributed by atoms with E-state index in [2.05, 4.69) is 21.8 Å². The summed E-state index contributed by atoms with van der Waals surface area (Å²) < 4.78 is 32.5. The third kappa shape index (κ3) is 4.76. The summed E-state index contributed by atoms with van der Waals surface area (Å²) in [6.45, 7) is 2.76. The fraction of sp³-hybridized carbons (Fsp3) is 0.241. The van der Waals surface area contributed by atoms with Crippen LogP contribution in [0.1, 0.15) is 34.8 Å². The molecule has 3 aliphatic rings. The molecule has 1 amide bonds. The number of carbonyl (C=O) groups is 1. The highest BCUT2D eigenvalue weighted by Crippen LogP contribution is 2.41. The molecule has 8 nitrogen and oxygen atoms in total. The van der Waals surface area contributed by atoms with Crippen LogP contribution in [-0.4, -0.2) is 36.4 Å². The van der Waals surface area contributed by atoms with Crippen LogP contribution in [-0.2, 0) is 26.9 Å². The molecule has 1 N–H and O–H groups in total. The molecule has 9 heteroatoms. The summed E-state index contributed by atoms with van der Waals surface area (Å²) in [7, 11) is -1.52. The molecule has 2 heterocycles. The van der Waals surface area contributed by atoms with Crippen LogP contribution in [0, 0.1) is 11.3 Å². The number of nitrogens with one attached hydrogen (secondary N) is 1. The average Bonchev–Trinajstić information content (AvgIpc) is 3.52. The van der Waals surface area contributed by atoms with Crippen LogP contribution < -0.4 is 19.1 Å². The van der Waals surface area contributed by atoms with Crippen molar-refractivity contribution in [2.45, 2.75) is 18.9 Å². The number of nitriles is 1. The highest BCUT2D eigenvalue weighted by atomic mass is 32.2. The van der Waals surface area contributed by atoms with Gasteiger partial charge in [0.1, 0.15) is 29.4 Å². The quantitative estimate of drug-likeness (QED) is 0.508. The maximum atomic E-state index is 12.0. The van der Waals surface area contributed by atoms with Crippen molar-refractivity contribution in [3.63, 3.8) is 0 Å². The van der Waals surface area contributed by atoms with E-state index >= 15 is 0 Å². The lowest BCUT2D eigenvalue weighted by molar-refractivity contribution is -0.114. The average molecular weight is 528 g/mol. The number of ether oxygens (including phenoxy) is 3. The van der Waals surface area contributed by atoms with Gasteiger partial charge in [-0.2, -0.15) is 5.26 Å². The number of carbonyl (C=O) groups excluding carboxylic acids is 1. The van der Waals surface area contributed by atoms with Gasteiger partial charge in [-0.3, -0.25) is 9.52 Å². The van der Waals surface area contributed by atoms with E-state index in [1.165, 1.54) is 6.08 Å². The number of fused-ring (bicyclic) bond motifs is 1. The fourth-order valence-corrected chi connectivity index (χ4v) is 5.98. The standard InChI is InChI=1S/C29H25N3O5S/c30-18-20-6-9-22(16-25(20)32-12-14-35-15-13-32)37-26-3-1-2-23-24(26)10-11-27(23)36-21-7-4-19(5-8-21)28-17-29(33)31-38(28)34/h1-9,16-17,27H,10-15H2,(H,31,33)/t27-,38?/m1/s1. The van der Waals surface area contributed by atoms with E-state index in [1.807, 2.05) is 54.6 Å². The van der Waals surface area contributed by atoms with E-state index in [0.29, 0.717) is 35.2 Å². The number of rotatable bonds is 6. The number of amides is 1. The first-order chi connectivity index (χ1) is 18.6. The molecule has 0 bridgehead atoms. The Morgan fingerprint density at radius 3 is 2.58 bits per heavy atom. The van der Waals surface area contributed by atoms with Crippen LogP contribution in [0.3, 0.4) is 0 Å².